The summed E-state index contributed by atoms with van der Waals surface area (Å²) in [6.45, 7) is 8.53. The van der Waals surface area contributed by atoms with Crippen molar-refractivity contribution in [2.75, 3.05) is 13.1 Å². The molecule has 0 aliphatic heterocycles. The number of aromatic hydroxyl groups is 1. The molecule has 0 unspecified atom stereocenters. The molecule has 182 valence electrons. The number of azo groups is 1. The molecule has 1 N–H and O–H groups in total. The fraction of sp³-hybridized carbons (Fsp3) is 0.391. The molecule has 0 saturated carbocycles. The maximum absolute atomic E-state index is 13.2. The first-order valence-electron chi connectivity index (χ1n) is 11.1. The van der Waals surface area contributed by atoms with Gasteiger partial charge in [-0.15, -0.1) is 10.2 Å². The number of benzene rings is 2. The molecule has 1 heterocycles. The Hall–Kier alpha value is -3.31. The van der Waals surface area contributed by atoms with E-state index in [1.165, 1.54) is 16.4 Å². The van der Waals surface area contributed by atoms with E-state index in [1.54, 1.807) is 24.5 Å². The van der Waals surface area contributed by atoms with Gasteiger partial charge >= 0.3 is 0 Å². The molecule has 0 radical (unpaired) electrons. The van der Waals surface area contributed by atoms with Crippen molar-refractivity contribution in [1.29, 1.82) is 0 Å². The molecule has 2 aromatic carbocycles. The predicted octanol–water partition coefficient (Wildman–Crippen LogP) is 5.75. The highest BCUT2D eigenvalue weighted by molar-refractivity contribution is 7.89. The number of fused-ring (bicyclic) bond motifs is 1. The van der Waals surface area contributed by atoms with E-state index in [1.807, 2.05) is 18.2 Å². The van der Waals surface area contributed by atoms with Crippen LogP contribution in [-0.4, -0.2) is 40.4 Å². The van der Waals surface area contributed by atoms with E-state index in [0.29, 0.717) is 17.8 Å². The molecule has 10 nitrogen and oxygen atoms in total. The third-order valence-electron chi connectivity index (χ3n) is 5.58. The monoisotopic (exact) mass is 487 g/mol. The van der Waals surface area contributed by atoms with E-state index >= 15 is 0 Å². The van der Waals surface area contributed by atoms with Crippen LogP contribution in [0.2, 0.25) is 0 Å². The zero-order valence-corrected chi connectivity index (χ0v) is 20.5. The quantitative estimate of drug-likeness (QED) is 0.221. The summed E-state index contributed by atoms with van der Waals surface area (Å²) in [6.07, 6.45) is 0.845. The van der Waals surface area contributed by atoms with Crippen LogP contribution in [0.15, 0.2) is 57.6 Å². The molecule has 0 aliphatic rings. The number of para-hydroxylation sites is 1. The van der Waals surface area contributed by atoms with Crippen molar-refractivity contribution in [3.63, 3.8) is 0 Å². The van der Waals surface area contributed by atoms with Crippen LogP contribution >= 0.6 is 0 Å². The Balaban J connectivity index is 2.15. The van der Waals surface area contributed by atoms with Crippen LogP contribution < -0.4 is 0 Å². The molecular weight excluding hydrogens is 458 g/mol. The molecular formula is C23H29N5O5S. The first kappa shape index (κ1) is 25.3. The second-order valence-electron chi connectivity index (χ2n) is 8.22. The molecule has 3 rings (SSSR count). The van der Waals surface area contributed by atoms with E-state index in [-0.39, 0.29) is 40.9 Å². The highest BCUT2D eigenvalue weighted by atomic mass is 32.2. The van der Waals surface area contributed by atoms with Crippen LogP contribution in [0.4, 0.5) is 17.1 Å². The van der Waals surface area contributed by atoms with Crippen LogP contribution in [0.3, 0.4) is 0 Å². The van der Waals surface area contributed by atoms with Crippen molar-refractivity contribution in [3.8, 4) is 5.88 Å². The zero-order chi connectivity index (χ0) is 25.0. The molecule has 0 fully saturated rings. The van der Waals surface area contributed by atoms with Crippen LogP contribution in [-0.2, 0) is 16.6 Å². The van der Waals surface area contributed by atoms with Crippen LogP contribution in [0.5, 0.6) is 5.88 Å². The number of nitrogens with zero attached hydrogens (tertiary/aromatic N) is 5. The van der Waals surface area contributed by atoms with Gasteiger partial charge in [-0.25, -0.2) is 8.42 Å². The van der Waals surface area contributed by atoms with Gasteiger partial charge in [-0.1, -0.05) is 45.9 Å². The number of aryl methyl sites for hydroxylation is 1. The lowest BCUT2D eigenvalue weighted by Gasteiger charge is -2.19. The number of nitro groups is 1. The van der Waals surface area contributed by atoms with Gasteiger partial charge in [-0.3, -0.25) is 10.1 Å². The fourth-order valence-corrected chi connectivity index (χ4v) is 5.30. The topological polar surface area (TPSA) is 130 Å². The Kier molecular flexibility index (Phi) is 7.68. The van der Waals surface area contributed by atoms with Crippen molar-refractivity contribution in [3.05, 3.63) is 52.6 Å². The van der Waals surface area contributed by atoms with E-state index in [9.17, 15) is 23.6 Å². The Labute approximate surface area is 198 Å². The van der Waals surface area contributed by atoms with Gasteiger partial charge in [0, 0.05) is 37.2 Å². The highest BCUT2D eigenvalue weighted by Crippen LogP contribution is 2.40. The molecule has 0 spiro atoms. The lowest BCUT2D eigenvalue weighted by Crippen LogP contribution is -2.30. The van der Waals surface area contributed by atoms with Gasteiger partial charge < -0.3 is 9.67 Å². The molecule has 1 aromatic heterocycles. The van der Waals surface area contributed by atoms with Gasteiger partial charge in [-0.2, -0.15) is 4.31 Å². The summed E-state index contributed by atoms with van der Waals surface area (Å²) in [4.78, 5) is 10.3. The molecule has 11 heteroatoms. The summed E-state index contributed by atoms with van der Waals surface area (Å²) >= 11 is 0. The Morgan fingerprint density at radius 1 is 1.12 bits per heavy atom. The number of aromatic nitrogens is 1. The average molecular weight is 488 g/mol. The third-order valence-corrected chi connectivity index (χ3v) is 7.66. The van der Waals surface area contributed by atoms with Crippen LogP contribution in [0.25, 0.3) is 10.9 Å². The first-order valence-corrected chi connectivity index (χ1v) is 12.6. The Bertz CT molecular complexity index is 1330. The maximum Gasteiger partial charge on any atom is 0.270 e. The van der Waals surface area contributed by atoms with E-state index in [4.69, 9.17) is 0 Å². The minimum absolute atomic E-state index is 0.0455. The van der Waals surface area contributed by atoms with Gasteiger partial charge in [0.2, 0.25) is 15.9 Å². The molecule has 0 saturated heterocycles. The smallest absolute Gasteiger partial charge is 0.270 e. The van der Waals surface area contributed by atoms with E-state index in [2.05, 4.69) is 24.1 Å². The maximum atomic E-state index is 13.2. The standard InChI is InChI=1S/C23H29N5O5S/c1-5-26(6-2)34(32,33)21-15-17(28(30)31)11-12-19(21)24-25-22-18-9-7-8-10-20(18)27(23(22)29)14-13-16(3)4/h7-12,15-16,29H,5-6,13-14H2,1-4H3. The summed E-state index contributed by atoms with van der Waals surface area (Å²) in [5.41, 5.74) is 0.590. The lowest BCUT2D eigenvalue weighted by molar-refractivity contribution is -0.385. The van der Waals surface area contributed by atoms with Gasteiger partial charge in [-0.05, 0) is 24.5 Å². The number of sulfonamides is 1. The minimum atomic E-state index is -4.05. The summed E-state index contributed by atoms with van der Waals surface area (Å²) in [7, 11) is -4.05. The SMILES string of the molecule is CCN(CC)S(=O)(=O)c1cc([N+](=O)[O-])ccc1N=Nc1c(O)n(CCC(C)C)c2ccccc12. The highest BCUT2D eigenvalue weighted by Gasteiger charge is 2.27. The average Bonchev–Trinajstić information content (AvgIpc) is 3.07. The Morgan fingerprint density at radius 2 is 1.79 bits per heavy atom. The second kappa shape index (κ2) is 10.3. The van der Waals surface area contributed by atoms with Gasteiger partial charge in [0.15, 0.2) is 5.69 Å². The number of rotatable bonds is 10. The zero-order valence-electron chi connectivity index (χ0n) is 19.7. The summed E-state index contributed by atoms with van der Waals surface area (Å²) < 4.78 is 29.3. The largest absolute Gasteiger partial charge is 0.493 e. The van der Waals surface area contributed by atoms with Gasteiger partial charge in [0.25, 0.3) is 5.69 Å². The van der Waals surface area contributed by atoms with Crippen molar-refractivity contribution < 1.29 is 18.4 Å². The number of hydrogen-bond acceptors (Lipinski definition) is 7. The van der Waals surface area contributed by atoms with Crippen molar-refractivity contribution >= 4 is 38.0 Å². The molecule has 34 heavy (non-hydrogen) atoms. The van der Waals surface area contributed by atoms with Gasteiger partial charge in [0.05, 0.1) is 10.4 Å². The molecule has 3 aromatic rings. The lowest BCUT2D eigenvalue weighted by atomic mass is 10.1. The summed E-state index contributed by atoms with van der Waals surface area (Å²) in [5.74, 6) is 0.360. The third kappa shape index (κ3) is 4.95. The normalized spacial score (nSPS) is 12.4. The fourth-order valence-electron chi connectivity index (χ4n) is 3.70. The Morgan fingerprint density at radius 3 is 2.41 bits per heavy atom. The molecule has 0 atom stereocenters. The molecule has 0 aliphatic carbocycles. The van der Waals surface area contributed by atoms with Crippen molar-refractivity contribution in [1.82, 2.24) is 8.87 Å². The number of nitro benzene ring substituents is 1. The predicted molar refractivity (Wildman–Crippen MR) is 130 cm³/mol. The van der Waals surface area contributed by atoms with Crippen LogP contribution in [0.1, 0.15) is 34.1 Å². The summed E-state index contributed by atoms with van der Waals surface area (Å²) in [6, 6.07) is 10.8. The first-order chi connectivity index (χ1) is 16.1. The van der Waals surface area contributed by atoms with Crippen molar-refractivity contribution in [2.24, 2.45) is 16.1 Å². The van der Waals surface area contributed by atoms with E-state index < -0.39 is 14.9 Å². The number of hydrogen-bond donors (Lipinski definition) is 1. The van der Waals surface area contributed by atoms with Gasteiger partial charge in [0.1, 0.15) is 10.6 Å². The second-order valence-corrected chi connectivity index (χ2v) is 10.1. The van der Waals surface area contributed by atoms with Crippen molar-refractivity contribution in [2.45, 2.75) is 45.6 Å². The molecule has 0 bridgehead atoms. The number of non-ortho nitro benzene ring substituents is 1. The van der Waals surface area contributed by atoms with E-state index in [0.717, 1.165) is 18.0 Å². The minimum Gasteiger partial charge on any atom is -0.493 e. The van der Waals surface area contributed by atoms with Crippen LogP contribution in [0, 0.1) is 16.0 Å². The summed E-state index contributed by atoms with van der Waals surface area (Å²) in [5, 5.41) is 31.2. The molecule has 0 amide bonds.